The molecular formula is C23H24ClN3O3. The van der Waals surface area contributed by atoms with Crippen LogP contribution in [0.2, 0.25) is 5.02 Å². The van der Waals surface area contributed by atoms with Crippen LogP contribution < -0.4 is 10.9 Å². The number of benzene rings is 2. The van der Waals surface area contributed by atoms with Crippen LogP contribution in [0.5, 0.6) is 0 Å². The third kappa shape index (κ3) is 4.83. The average molecular weight is 426 g/mol. The van der Waals surface area contributed by atoms with E-state index in [1.807, 2.05) is 31.2 Å². The number of aromatic nitrogens is 1. The summed E-state index contributed by atoms with van der Waals surface area (Å²) in [6.45, 7) is 3.30. The molecule has 0 aliphatic carbocycles. The Hall–Kier alpha value is -2.83. The second kappa shape index (κ2) is 8.90. The van der Waals surface area contributed by atoms with Crippen molar-refractivity contribution >= 4 is 34.2 Å². The largest absolute Gasteiger partial charge is 0.376 e. The van der Waals surface area contributed by atoms with Gasteiger partial charge in [-0.2, -0.15) is 0 Å². The molecule has 0 radical (unpaired) electrons. The number of urea groups is 1. The summed E-state index contributed by atoms with van der Waals surface area (Å²) in [6.07, 6.45) is 1.86. The van der Waals surface area contributed by atoms with Gasteiger partial charge < -0.3 is 19.9 Å². The molecule has 2 amide bonds. The molecule has 1 saturated heterocycles. The molecule has 0 saturated carbocycles. The fourth-order valence-electron chi connectivity index (χ4n) is 3.67. The Balaban J connectivity index is 1.58. The lowest BCUT2D eigenvalue weighted by molar-refractivity contribution is 0.0818. The molecule has 1 aliphatic rings. The number of nitrogens with one attached hydrogen (secondary N) is 2. The van der Waals surface area contributed by atoms with Crippen LogP contribution in [-0.4, -0.2) is 35.2 Å². The van der Waals surface area contributed by atoms with Crippen molar-refractivity contribution in [2.75, 3.05) is 18.5 Å². The third-order valence-corrected chi connectivity index (χ3v) is 5.52. The van der Waals surface area contributed by atoms with E-state index < -0.39 is 0 Å². The second-order valence-electron chi connectivity index (χ2n) is 7.67. The highest BCUT2D eigenvalue weighted by Gasteiger charge is 2.24. The Kier molecular flexibility index (Phi) is 6.06. The molecule has 0 spiro atoms. The first kappa shape index (κ1) is 20.4. The molecule has 30 heavy (non-hydrogen) atoms. The highest BCUT2D eigenvalue weighted by molar-refractivity contribution is 6.30. The number of halogens is 1. The van der Waals surface area contributed by atoms with Crippen molar-refractivity contribution in [1.82, 2.24) is 9.88 Å². The molecule has 0 unspecified atom stereocenters. The van der Waals surface area contributed by atoms with Gasteiger partial charge >= 0.3 is 6.03 Å². The molecule has 0 bridgehead atoms. The van der Waals surface area contributed by atoms with Crippen LogP contribution in [0.1, 0.15) is 24.0 Å². The second-order valence-corrected chi connectivity index (χ2v) is 8.10. The number of aromatic amines is 1. The summed E-state index contributed by atoms with van der Waals surface area (Å²) in [5, 5.41) is 4.42. The highest BCUT2D eigenvalue weighted by Crippen LogP contribution is 2.19. The van der Waals surface area contributed by atoms with E-state index in [0.717, 1.165) is 29.3 Å². The maximum atomic E-state index is 13.0. The number of amides is 2. The Labute approximate surface area is 179 Å². The molecule has 1 aromatic heterocycles. The molecule has 4 rings (SSSR count). The first-order chi connectivity index (χ1) is 14.5. The van der Waals surface area contributed by atoms with Crippen molar-refractivity contribution in [1.29, 1.82) is 0 Å². The van der Waals surface area contributed by atoms with Gasteiger partial charge in [0, 0.05) is 34.9 Å². The fourth-order valence-corrected chi connectivity index (χ4v) is 3.80. The Morgan fingerprint density at radius 3 is 2.77 bits per heavy atom. The average Bonchev–Trinajstić information content (AvgIpc) is 3.23. The quantitative estimate of drug-likeness (QED) is 0.622. The molecular weight excluding hydrogens is 402 g/mol. The van der Waals surface area contributed by atoms with Crippen LogP contribution in [0.15, 0.2) is 53.3 Å². The number of pyridine rings is 1. The minimum Gasteiger partial charge on any atom is -0.376 e. The topological polar surface area (TPSA) is 74.4 Å². The summed E-state index contributed by atoms with van der Waals surface area (Å²) in [5.74, 6) is 0. The minimum absolute atomic E-state index is 0.0249. The molecule has 3 aromatic rings. The zero-order chi connectivity index (χ0) is 21.1. The molecule has 6 nitrogen and oxygen atoms in total. The van der Waals surface area contributed by atoms with Gasteiger partial charge in [0.05, 0.1) is 12.6 Å². The van der Waals surface area contributed by atoms with E-state index >= 15 is 0 Å². The number of fused-ring (bicyclic) bond motifs is 1. The summed E-state index contributed by atoms with van der Waals surface area (Å²) in [5.41, 5.74) is 2.86. The van der Waals surface area contributed by atoms with Gasteiger partial charge in [0.1, 0.15) is 0 Å². The van der Waals surface area contributed by atoms with Gasteiger partial charge in [0.2, 0.25) is 0 Å². The number of hydrogen-bond acceptors (Lipinski definition) is 3. The van der Waals surface area contributed by atoms with Crippen molar-refractivity contribution in [2.45, 2.75) is 32.4 Å². The molecule has 7 heteroatoms. The van der Waals surface area contributed by atoms with Crippen LogP contribution in [0.25, 0.3) is 10.9 Å². The first-order valence-corrected chi connectivity index (χ1v) is 10.4. The van der Waals surface area contributed by atoms with Gasteiger partial charge in [-0.05, 0) is 67.1 Å². The van der Waals surface area contributed by atoms with Crippen molar-refractivity contribution in [3.8, 4) is 0 Å². The maximum absolute atomic E-state index is 13.0. The summed E-state index contributed by atoms with van der Waals surface area (Å²) < 4.78 is 5.73. The minimum atomic E-state index is -0.281. The number of H-pyrrole nitrogens is 1. The Morgan fingerprint density at radius 1 is 1.23 bits per heavy atom. The zero-order valence-electron chi connectivity index (χ0n) is 16.8. The van der Waals surface area contributed by atoms with Gasteiger partial charge in [-0.25, -0.2) is 4.79 Å². The normalized spacial score (nSPS) is 16.0. The van der Waals surface area contributed by atoms with Crippen LogP contribution in [0.4, 0.5) is 10.5 Å². The lowest BCUT2D eigenvalue weighted by atomic mass is 10.1. The van der Waals surface area contributed by atoms with Gasteiger partial charge in [-0.3, -0.25) is 4.79 Å². The first-order valence-electron chi connectivity index (χ1n) is 10.0. The van der Waals surface area contributed by atoms with E-state index in [9.17, 15) is 9.59 Å². The van der Waals surface area contributed by atoms with Crippen LogP contribution in [-0.2, 0) is 11.3 Å². The molecule has 1 fully saturated rings. The molecule has 1 aliphatic heterocycles. The molecule has 2 aromatic carbocycles. The summed E-state index contributed by atoms with van der Waals surface area (Å²) in [7, 11) is 0. The van der Waals surface area contributed by atoms with Gasteiger partial charge in [0.15, 0.2) is 0 Å². The fraction of sp³-hybridized carbons (Fsp3) is 0.304. The van der Waals surface area contributed by atoms with Crippen molar-refractivity contribution in [2.24, 2.45) is 0 Å². The number of rotatable bonds is 5. The van der Waals surface area contributed by atoms with Gasteiger partial charge in [-0.15, -0.1) is 0 Å². The van der Waals surface area contributed by atoms with Crippen molar-refractivity contribution < 1.29 is 9.53 Å². The standard InChI is InChI=1S/C23H24ClN3O3/c1-15-4-5-16-12-17(22(28)26-21(16)11-15)13-27(14-20-3-2-10-30-20)23(29)25-19-8-6-18(24)7-9-19/h4-9,11-12,20H,2-3,10,13-14H2,1H3,(H,25,29)(H,26,28)/t20-/m1/s1. The zero-order valence-corrected chi connectivity index (χ0v) is 17.5. The van der Waals surface area contributed by atoms with Crippen LogP contribution in [0.3, 0.4) is 0 Å². The summed E-state index contributed by atoms with van der Waals surface area (Å²) >= 11 is 5.93. The SMILES string of the molecule is Cc1ccc2cc(CN(C[C@H]3CCCO3)C(=O)Nc3ccc(Cl)cc3)c(=O)[nH]c2c1. The number of hydrogen-bond donors (Lipinski definition) is 2. The molecule has 2 heterocycles. The predicted molar refractivity (Wildman–Crippen MR) is 119 cm³/mol. The van der Waals surface area contributed by atoms with Crippen LogP contribution in [0, 0.1) is 6.92 Å². The van der Waals surface area contributed by atoms with Crippen LogP contribution >= 0.6 is 11.6 Å². The lowest BCUT2D eigenvalue weighted by Crippen LogP contribution is -2.40. The smallest absolute Gasteiger partial charge is 0.322 e. The Morgan fingerprint density at radius 2 is 2.03 bits per heavy atom. The molecule has 2 N–H and O–H groups in total. The van der Waals surface area contributed by atoms with Crippen molar-refractivity contribution in [3.05, 3.63) is 75.0 Å². The monoisotopic (exact) mass is 425 g/mol. The summed E-state index contributed by atoms with van der Waals surface area (Å²) in [6, 6.07) is 14.4. The number of carbonyl (C=O) groups excluding carboxylic acids is 1. The summed E-state index contributed by atoms with van der Waals surface area (Å²) in [4.78, 5) is 30.3. The predicted octanol–water partition coefficient (Wildman–Crippen LogP) is 4.70. The molecule has 1 atom stereocenters. The maximum Gasteiger partial charge on any atom is 0.322 e. The number of aryl methyl sites for hydroxylation is 1. The highest BCUT2D eigenvalue weighted by atomic mass is 35.5. The Bertz CT molecular complexity index is 1100. The third-order valence-electron chi connectivity index (χ3n) is 5.27. The number of carbonyl (C=O) groups is 1. The van der Waals surface area contributed by atoms with E-state index in [-0.39, 0.29) is 24.2 Å². The number of anilines is 1. The van der Waals surface area contributed by atoms with E-state index in [1.54, 1.807) is 29.2 Å². The van der Waals surface area contributed by atoms with E-state index in [1.165, 1.54) is 0 Å². The lowest BCUT2D eigenvalue weighted by Gasteiger charge is -2.25. The van der Waals surface area contributed by atoms with Gasteiger partial charge in [0.25, 0.3) is 5.56 Å². The van der Waals surface area contributed by atoms with Gasteiger partial charge in [-0.1, -0.05) is 23.7 Å². The van der Waals surface area contributed by atoms with E-state index in [2.05, 4.69) is 10.3 Å². The molecule has 156 valence electrons. The van der Waals surface area contributed by atoms with E-state index in [0.29, 0.717) is 29.4 Å². The van der Waals surface area contributed by atoms with E-state index in [4.69, 9.17) is 16.3 Å². The number of ether oxygens (including phenoxy) is 1. The number of nitrogens with zero attached hydrogens (tertiary/aromatic N) is 1. The van der Waals surface area contributed by atoms with Crippen molar-refractivity contribution in [3.63, 3.8) is 0 Å².